The Balaban J connectivity index is 3.01. The van der Waals surface area contributed by atoms with Crippen LogP contribution in [0.5, 0.6) is 0 Å². The Morgan fingerprint density at radius 2 is 2.26 bits per heavy atom. The summed E-state index contributed by atoms with van der Waals surface area (Å²) in [5, 5.41) is 22.4. The summed E-state index contributed by atoms with van der Waals surface area (Å²) in [4.78, 5) is 13.7. The molecule has 8 heteroatoms. The van der Waals surface area contributed by atoms with Gasteiger partial charge in [-0.2, -0.15) is 0 Å². The van der Waals surface area contributed by atoms with Crippen molar-refractivity contribution in [2.75, 3.05) is 13.7 Å². The number of nitrogens with zero attached hydrogens (tertiary/aromatic N) is 3. The van der Waals surface area contributed by atoms with Crippen molar-refractivity contribution >= 4 is 5.97 Å². The van der Waals surface area contributed by atoms with Gasteiger partial charge in [0.15, 0.2) is 0 Å². The van der Waals surface area contributed by atoms with E-state index >= 15 is 0 Å². The van der Waals surface area contributed by atoms with Crippen molar-refractivity contribution in [3.63, 3.8) is 0 Å². The molecule has 0 radical (unpaired) electrons. The van der Waals surface area contributed by atoms with Gasteiger partial charge in [-0.15, -0.1) is 0 Å². The average molecular weight is 269 g/mol. The van der Waals surface area contributed by atoms with Gasteiger partial charge in [0, 0.05) is 4.91 Å². The fourth-order valence-corrected chi connectivity index (χ4v) is 1.44. The average Bonchev–Trinajstić information content (AvgIpc) is 2.43. The van der Waals surface area contributed by atoms with E-state index in [0.29, 0.717) is 0 Å². The summed E-state index contributed by atoms with van der Waals surface area (Å²) < 4.78 is 17.8. The molecule has 1 aromatic carbocycles. The number of benzene rings is 1. The van der Waals surface area contributed by atoms with E-state index in [1.54, 1.807) is 0 Å². The van der Waals surface area contributed by atoms with Gasteiger partial charge < -0.3 is 14.9 Å². The Kier molecular flexibility index (Phi) is 5.25. The molecule has 0 heterocycles. The van der Waals surface area contributed by atoms with Crippen molar-refractivity contribution in [1.82, 2.24) is 0 Å². The highest BCUT2D eigenvalue weighted by molar-refractivity contribution is 5.89. The van der Waals surface area contributed by atoms with Gasteiger partial charge in [0.25, 0.3) is 0 Å². The SMILES string of the molecule is COC(=O)c1cc(C(O)C(O)CN=[N+]=[N-])ccc1F. The molecule has 0 spiro atoms. The van der Waals surface area contributed by atoms with E-state index in [2.05, 4.69) is 14.8 Å². The van der Waals surface area contributed by atoms with Gasteiger partial charge in [0.1, 0.15) is 11.9 Å². The number of halogens is 1. The molecular formula is C11H12FN3O4. The predicted molar refractivity (Wildman–Crippen MR) is 62.7 cm³/mol. The number of esters is 1. The number of hydrogen-bond donors (Lipinski definition) is 2. The number of ether oxygens (including phenoxy) is 1. The third-order valence-electron chi connectivity index (χ3n) is 2.43. The first kappa shape index (κ1) is 14.9. The number of aliphatic hydroxyl groups excluding tert-OH is 2. The summed E-state index contributed by atoms with van der Waals surface area (Å²) in [6, 6.07) is 3.27. The fourth-order valence-electron chi connectivity index (χ4n) is 1.44. The summed E-state index contributed by atoms with van der Waals surface area (Å²) >= 11 is 0. The Bertz CT molecular complexity index is 517. The molecule has 0 aliphatic carbocycles. The lowest BCUT2D eigenvalue weighted by Gasteiger charge is -2.16. The van der Waals surface area contributed by atoms with Crippen LogP contribution >= 0.6 is 0 Å². The normalized spacial score (nSPS) is 13.3. The number of carbonyl (C=O) groups is 1. The molecule has 0 aliphatic heterocycles. The maximum atomic E-state index is 13.4. The molecule has 0 aliphatic rings. The molecule has 0 saturated heterocycles. The second-order valence-electron chi connectivity index (χ2n) is 3.66. The van der Waals surface area contributed by atoms with Crippen molar-refractivity contribution in [3.05, 3.63) is 45.6 Å². The second-order valence-corrected chi connectivity index (χ2v) is 3.66. The van der Waals surface area contributed by atoms with Crippen molar-refractivity contribution in [3.8, 4) is 0 Å². The zero-order valence-electron chi connectivity index (χ0n) is 10.0. The maximum absolute atomic E-state index is 13.4. The molecule has 0 amide bonds. The standard InChI is InChI=1S/C11H12FN3O4/c1-19-11(18)7-4-6(2-3-8(7)12)10(17)9(16)5-14-15-13/h2-4,9-10,16-17H,5H2,1H3. The van der Waals surface area contributed by atoms with Gasteiger partial charge >= 0.3 is 5.97 Å². The molecule has 0 saturated carbocycles. The van der Waals surface area contributed by atoms with Crippen molar-refractivity contribution in [2.45, 2.75) is 12.2 Å². The molecule has 1 rings (SSSR count). The Hall–Kier alpha value is -2.15. The van der Waals surface area contributed by atoms with Crippen LogP contribution in [0.1, 0.15) is 22.0 Å². The number of azide groups is 1. The number of hydrogen-bond acceptors (Lipinski definition) is 5. The smallest absolute Gasteiger partial charge is 0.340 e. The minimum Gasteiger partial charge on any atom is -0.465 e. The lowest BCUT2D eigenvalue weighted by molar-refractivity contribution is 0.0242. The van der Waals surface area contributed by atoms with E-state index in [9.17, 15) is 19.4 Å². The molecule has 2 N–H and O–H groups in total. The van der Waals surface area contributed by atoms with Crippen molar-refractivity contribution in [1.29, 1.82) is 0 Å². The summed E-state index contributed by atoms with van der Waals surface area (Å²) in [5.41, 5.74) is 7.87. The lowest BCUT2D eigenvalue weighted by Crippen LogP contribution is -2.21. The van der Waals surface area contributed by atoms with Gasteiger partial charge in [0.2, 0.25) is 0 Å². The summed E-state index contributed by atoms with van der Waals surface area (Å²) in [6.07, 6.45) is -2.76. The molecule has 19 heavy (non-hydrogen) atoms. The van der Waals surface area contributed by atoms with Crippen molar-refractivity contribution in [2.24, 2.45) is 5.11 Å². The van der Waals surface area contributed by atoms with Crippen LogP contribution in [0.2, 0.25) is 0 Å². The van der Waals surface area contributed by atoms with Gasteiger partial charge in [-0.05, 0) is 23.2 Å². The lowest BCUT2D eigenvalue weighted by atomic mass is 10.0. The Morgan fingerprint density at radius 3 is 2.84 bits per heavy atom. The molecule has 7 nitrogen and oxygen atoms in total. The topological polar surface area (TPSA) is 116 Å². The highest BCUT2D eigenvalue weighted by atomic mass is 19.1. The van der Waals surface area contributed by atoms with E-state index in [4.69, 9.17) is 5.53 Å². The van der Waals surface area contributed by atoms with E-state index in [0.717, 1.165) is 19.2 Å². The molecule has 0 fully saturated rings. The molecular weight excluding hydrogens is 257 g/mol. The van der Waals surface area contributed by atoms with Crippen LogP contribution in [-0.4, -0.2) is 35.9 Å². The monoisotopic (exact) mass is 269 g/mol. The number of carbonyl (C=O) groups excluding carboxylic acids is 1. The highest BCUT2D eigenvalue weighted by Gasteiger charge is 2.21. The third-order valence-corrected chi connectivity index (χ3v) is 2.43. The number of aliphatic hydroxyl groups is 2. The van der Waals surface area contributed by atoms with Gasteiger partial charge in [-0.1, -0.05) is 11.2 Å². The molecule has 0 aromatic heterocycles. The second kappa shape index (κ2) is 6.69. The van der Waals surface area contributed by atoms with Crippen LogP contribution in [0.25, 0.3) is 10.4 Å². The van der Waals surface area contributed by atoms with Crippen LogP contribution in [0, 0.1) is 5.82 Å². The minimum absolute atomic E-state index is 0.113. The quantitative estimate of drug-likeness (QED) is 0.363. The van der Waals surface area contributed by atoms with Crippen LogP contribution in [-0.2, 0) is 4.74 Å². The first-order chi connectivity index (χ1) is 9.01. The molecule has 0 bridgehead atoms. The van der Waals surface area contributed by atoms with E-state index in [1.165, 1.54) is 6.07 Å². The van der Waals surface area contributed by atoms with Crippen molar-refractivity contribution < 1.29 is 24.1 Å². The third kappa shape index (κ3) is 3.65. The highest BCUT2D eigenvalue weighted by Crippen LogP contribution is 2.21. The fraction of sp³-hybridized carbons (Fsp3) is 0.364. The van der Waals surface area contributed by atoms with E-state index < -0.39 is 24.0 Å². The first-order valence-corrected chi connectivity index (χ1v) is 5.26. The van der Waals surface area contributed by atoms with Crippen LogP contribution in [0.4, 0.5) is 4.39 Å². The summed E-state index contributed by atoms with van der Waals surface area (Å²) in [7, 11) is 1.10. The summed E-state index contributed by atoms with van der Waals surface area (Å²) in [6.45, 7) is -0.345. The molecule has 1 aromatic rings. The Labute approximate surface area is 107 Å². The van der Waals surface area contributed by atoms with Crippen LogP contribution in [0.15, 0.2) is 23.3 Å². The Morgan fingerprint density at radius 1 is 1.58 bits per heavy atom. The molecule has 102 valence electrons. The van der Waals surface area contributed by atoms with Gasteiger partial charge in [0.05, 0.1) is 25.3 Å². The number of methoxy groups -OCH3 is 1. The summed E-state index contributed by atoms with van der Waals surface area (Å²) in [5.74, 6) is -1.69. The van der Waals surface area contributed by atoms with E-state index in [1.807, 2.05) is 0 Å². The minimum atomic E-state index is -1.41. The molecule has 2 atom stereocenters. The first-order valence-electron chi connectivity index (χ1n) is 5.26. The van der Waals surface area contributed by atoms with Gasteiger partial charge in [-0.3, -0.25) is 0 Å². The van der Waals surface area contributed by atoms with Crippen LogP contribution < -0.4 is 0 Å². The molecule has 2 unspecified atom stereocenters. The van der Waals surface area contributed by atoms with Gasteiger partial charge in [-0.25, -0.2) is 9.18 Å². The predicted octanol–water partition coefficient (Wildman–Crippen LogP) is 1.32. The maximum Gasteiger partial charge on any atom is 0.340 e. The zero-order valence-corrected chi connectivity index (χ0v) is 10.0. The van der Waals surface area contributed by atoms with Crippen LogP contribution in [0.3, 0.4) is 0 Å². The number of rotatable bonds is 5. The zero-order chi connectivity index (χ0) is 14.4. The largest absolute Gasteiger partial charge is 0.465 e. The van der Waals surface area contributed by atoms with E-state index in [-0.39, 0.29) is 17.7 Å².